The molecule has 0 fully saturated rings. The van der Waals surface area contributed by atoms with Crippen LogP contribution in [-0.4, -0.2) is 15.2 Å². The van der Waals surface area contributed by atoms with Gasteiger partial charge in [-0.1, -0.05) is 6.07 Å². The van der Waals surface area contributed by atoms with Crippen LogP contribution in [-0.2, 0) is 0 Å². The Hall–Kier alpha value is -3.21. The number of nitrogens with two attached hydrogens (primary N) is 2. The van der Waals surface area contributed by atoms with Crippen molar-refractivity contribution in [3.8, 4) is 0 Å². The number of benzene rings is 2. The van der Waals surface area contributed by atoms with Gasteiger partial charge in [-0.3, -0.25) is 0 Å². The second kappa shape index (κ2) is 6.96. The van der Waals surface area contributed by atoms with E-state index in [9.17, 15) is 0 Å². The maximum absolute atomic E-state index is 5.76. The minimum absolute atomic E-state index is 0.501. The fraction of sp³-hybridized carbons (Fsp3) is 0.190. The molecule has 2 aromatic heterocycles. The van der Waals surface area contributed by atoms with E-state index in [2.05, 4.69) is 67.1 Å². The predicted octanol–water partition coefficient (Wildman–Crippen LogP) is 4.26. The molecular weight excluding hydrogens is 322 g/mol. The highest BCUT2D eigenvalue weighted by molar-refractivity contribution is 5.92. The van der Waals surface area contributed by atoms with Crippen molar-refractivity contribution in [1.82, 2.24) is 15.2 Å². The topological polar surface area (TPSA) is 90.7 Å². The Morgan fingerprint density at radius 2 is 1.23 bits per heavy atom. The number of hydrogen-bond acceptors (Lipinski definition) is 5. The summed E-state index contributed by atoms with van der Waals surface area (Å²) in [5, 5.41) is 11.9. The molecule has 0 saturated carbocycles. The summed E-state index contributed by atoms with van der Waals surface area (Å²) in [6, 6.07) is 10.3. The van der Waals surface area contributed by atoms with Gasteiger partial charge in [0.2, 0.25) is 0 Å². The second-order valence-electron chi connectivity index (χ2n) is 6.61. The van der Waals surface area contributed by atoms with Gasteiger partial charge in [-0.15, -0.1) is 5.10 Å². The largest absolute Gasteiger partial charge is 0.383 e. The average molecular weight is 345 g/mol. The number of anilines is 2. The SMILES string of the molecule is Cc1cc2ccnc(N)c2cc1C.Cc1cc2cnnc(N)c2cc1C. The number of aryl methyl sites for hydroxylation is 4. The summed E-state index contributed by atoms with van der Waals surface area (Å²) in [7, 11) is 0. The molecule has 4 N–H and O–H groups in total. The van der Waals surface area contributed by atoms with Crippen molar-refractivity contribution in [2.45, 2.75) is 27.7 Å². The molecule has 26 heavy (non-hydrogen) atoms. The Bertz CT molecular complexity index is 1010. The molecule has 2 heterocycles. The van der Waals surface area contributed by atoms with E-state index >= 15 is 0 Å². The maximum Gasteiger partial charge on any atom is 0.153 e. The first-order chi connectivity index (χ1) is 12.4. The smallest absolute Gasteiger partial charge is 0.153 e. The van der Waals surface area contributed by atoms with Crippen LogP contribution in [0.4, 0.5) is 11.6 Å². The molecule has 2 aromatic carbocycles. The van der Waals surface area contributed by atoms with E-state index in [1.807, 2.05) is 6.07 Å². The van der Waals surface area contributed by atoms with Gasteiger partial charge in [-0.2, -0.15) is 5.10 Å². The van der Waals surface area contributed by atoms with Gasteiger partial charge in [-0.25, -0.2) is 4.98 Å². The summed E-state index contributed by atoms with van der Waals surface area (Å²) in [5.41, 5.74) is 16.5. The Kier molecular flexibility index (Phi) is 4.71. The fourth-order valence-corrected chi connectivity index (χ4v) is 2.84. The van der Waals surface area contributed by atoms with Crippen LogP contribution < -0.4 is 11.5 Å². The summed E-state index contributed by atoms with van der Waals surface area (Å²) < 4.78 is 0. The van der Waals surface area contributed by atoms with Crippen molar-refractivity contribution >= 4 is 33.2 Å². The molecule has 0 aliphatic heterocycles. The third-order valence-electron chi connectivity index (χ3n) is 4.71. The first-order valence-corrected chi connectivity index (χ1v) is 8.46. The minimum Gasteiger partial charge on any atom is -0.383 e. The van der Waals surface area contributed by atoms with Crippen molar-refractivity contribution in [3.05, 3.63) is 65.0 Å². The summed E-state index contributed by atoms with van der Waals surface area (Å²) in [6.45, 7) is 8.33. The van der Waals surface area contributed by atoms with Crippen LogP contribution in [0.15, 0.2) is 42.7 Å². The van der Waals surface area contributed by atoms with E-state index in [0.29, 0.717) is 11.6 Å². The highest BCUT2D eigenvalue weighted by atomic mass is 15.1. The van der Waals surface area contributed by atoms with E-state index < -0.39 is 0 Å². The molecule has 0 atom stereocenters. The number of fused-ring (bicyclic) bond motifs is 2. The molecule has 5 nitrogen and oxygen atoms in total. The highest BCUT2D eigenvalue weighted by Crippen LogP contribution is 2.22. The van der Waals surface area contributed by atoms with E-state index in [1.165, 1.54) is 22.3 Å². The standard InChI is InChI=1S/C11H12N2.C10H11N3/c1-7-5-9-3-4-13-11(12)10(9)6-8(7)2;1-6-3-8-5-12-13-10(11)9(8)4-7(6)2/h3-6H,1-2H3,(H2,12,13);3-5H,1-2H3,(H2,11,13). The van der Waals surface area contributed by atoms with Crippen LogP contribution in [0.5, 0.6) is 0 Å². The second-order valence-corrected chi connectivity index (χ2v) is 6.61. The van der Waals surface area contributed by atoms with Gasteiger partial charge in [0.25, 0.3) is 0 Å². The van der Waals surface area contributed by atoms with Crippen LogP contribution in [0.1, 0.15) is 22.3 Å². The summed E-state index contributed by atoms with van der Waals surface area (Å²) in [5.74, 6) is 1.11. The van der Waals surface area contributed by atoms with Crippen molar-refractivity contribution < 1.29 is 0 Å². The molecule has 0 amide bonds. The van der Waals surface area contributed by atoms with Crippen LogP contribution >= 0.6 is 0 Å². The first-order valence-electron chi connectivity index (χ1n) is 8.46. The average Bonchev–Trinajstić information content (AvgIpc) is 2.60. The van der Waals surface area contributed by atoms with Crippen LogP contribution in [0.25, 0.3) is 21.5 Å². The summed E-state index contributed by atoms with van der Waals surface area (Å²) in [6.07, 6.45) is 3.48. The molecule has 0 spiro atoms. The Morgan fingerprint density at radius 1 is 0.692 bits per heavy atom. The third kappa shape index (κ3) is 3.42. The van der Waals surface area contributed by atoms with Crippen LogP contribution in [0, 0.1) is 27.7 Å². The molecular formula is C21H23N5. The van der Waals surface area contributed by atoms with Crippen LogP contribution in [0.2, 0.25) is 0 Å². The monoisotopic (exact) mass is 345 g/mol. The van der Waals surface area contributed by atoms with Crippen molar-refractivity contribution in [3.63, 3.8) is 0 Å². The number of hydrogen-bond donors (Lipinski definition) is 2. The number of pyridine rings is 1. The predicted molar refractivity (Wildman–Crippen MR) is 109 cm³/mol. The molecule has 132 valence electrons. The van der Waals surface area contributed by atoms with Gasteiger partial charge in [-0.05, 0) is 79.6 Å². The van der Waals surface area contributed by atoms with Crippen molar-refractivity contribution in [2.24, 2.45) is 0 Å². The number of nitrogen functional groups attached to an aromatic ring is 2. The van der Waals surface area contributed by atoms with Crippen molar-refractivity contribution in [1.29, 1.82) is 0 Å². The van der Waals surface area contributed by atoms with E-state index in [-0.39, 0.29) is 0 Å². The van der Waals surface area contributed by atoms with Crippen LogP contribution in [0.3, 0.4) is 0 Å². The van der Waals surface area contributed by atoms with E-state index in [0.717, 1.165) is 21.5 Å². The molecule has 4 aromatic rings. The molecule has 4 rings (SSSR count). The lowest BCUT2D eigenvalue weighted by atomic mass is 10.0. The van der Waals surface area contributed by atoms with Gasteiger partial charge < -0.3 is 11.5 Å². The lowest BCUT2D eigenvalue weighted by molar-refractivity contribution is 1.06. The Morgan fingerprint density at radius 3 is 1.88 bits per heavy atom. The van der Waals surface area contributed by atoms with Gasteiger partial charge in [0.05, 0.1) is 6.20 Å². The zero-order valence-electron chi connectivity index (χ0n) is 15.5. The lowest BCUT2D eigenvalue weighted by Crippen LogP contribution is -1.94. The van der Waals surface area contributed by atoms with Crippen molar-refractivity contribution in [2.75, 3.05) is 11.5 Å². The quantitative estimate of drug-likeness (QED) is 0.497. The Balaban J connectivity index is 0.000000151. The minimum atomic E-state index is 0.501. The summed E-state index contributed by atoms with van der Waals surface area (Å²) in [4.78, 5) is 4.06. The normalized spacial score (nSPS) is 10.6. The van der Waals surface area contributed by atoms with Gasteiger partial charge in [0.15, 0.2) is 5.82 Å². The Labute approximate surface area is 153 Å². The van der Waals surface area contributed by atoms with Gasteiger partial charge >= 0.3 is 0 Å². The molecule has 0 saturated heterocycles. The molecule has 0 aliphatic rings. The highest BCUT2D eigenvalue weighted by Gasteiger charge is 2.02. The number of rotatable bonds is 0. The van der Waals surface area contributed by atoms with E-state index in [1.54, 1.807) is 12.4 Å². The van der Waals surface area contributed by atoms with Gasteiger partial charge in [0.1, 0.15) is 5.82 Å². The third-order valence-corrected chi connectivity index (χ3v) is 4.71. The molecule has 0 aliphatic carbocycles. The fourth-order valence-electron chi connectivity index (χ4n) is 2.84. The summed E-state index contributed by atoms with van der Waals surface area (Å²) >= 11 is 0. The zero-order valence-corrected chi connectivity index (χ0v) is 15.5. The molecule has 5 heteroatoms. The maximum atomic E-state index is 5.76. The first kappa shape index (κ1) is 17.6. The van der Waals surface area contributed by atoms with E-state index in [4.69, 9.17) is 11.5 Å². The molecule has 0 bridgehead atoms. The number of nitrogens with zero attached hydrogens (tertiary/aromatic N) is 3. The number of aromatic nitrogens is 3. The zero-order chi connectivity index (χ0) is 18.8. The van der Waals surface area contributed by atoms with Gasteiger partial charge in [0, 0.05) is 22.4 Å². The molecule has 0 radical (unpaired) electrons. The lowest BCUT2D eigenvalue weighted by Gasteiger charge is -2.04. The molecule has 0 unspecified atom stereocenters.